The van der Waals surface area contributed by atoms with E-state index in [2.05, 4.69) is 5.16 Å². The molecule has 1 rings (SSSR count). The van der Waals surface area contributed by atoms with E-state index in [0.29, 0.717) is 30.4 Å². The van der Waals surface area contributed by atoms with Gasteiger partial charge in [0.2, 0.25) is 0 Å². The van der Waals surface area contributed by atoms with Crippen LogP contribution in [0.1, 0.15) is 26.3 Å². The Bertz CT molecular complexity index is 429. The Labute approximate surface area is 113 Å². The van der Waals surface area contributed by atoms with Crippen LogP contribution < -0.4 is 9.47 Å². The molecule has 0 spiro atoms. The number of nitrogens with zero attached hydrogens (tertiary/aromatic N) is 1. The van der Waals surface area contributed by atoms with Crippen molar-refractivity contribution in [2.24, 2.45) is 5.16 Å². The molecule has 0 aromatic heterocycles. The molecule has 1 aromatic carbocycles. The van der Waals surface area contributed by atoms with Gasteiger partial charge in [-0.1, -0.05) is 5.16 Å². The summed E-state index contributed by atoms with van der Waals surface area (Å²) in [5, 5.41) is 11.9. The van der Waals surface area contributed by atoms with Gasteiger partial charge >= 0.3 is 0 Å². The van der Waals surface area contributed by atoms with Crippen LogP contribution in [-0.4, -0.2) is 37.3 Å². The molecule has 0 amide bonds. The highest BCUT2D eigenvalue weighted by Crippen LogP contribution is 2.28. The number of hydrogen-bond donors (Lipinski definition) is 1. The number of hydrogen-bond acceptors (Lipinski definition) is 5. The second kappa shape index (κ2) is 7.63. The Morgan fingerprint density at radius 1 is 1.26 bits per heavy atom. The average Bonchev–Trinajstić information content (AvgIpc) is 2.42. The first-order valence-electron chi connectivity index (χ1n) is 6.20. The van der Waals surface area contributed by atoms with E-state index in [1.54, 1.807) is 26.2 Å². The lowest BCUT2D eigenvalue weighted by Crippen LogP contribution is -2.11. The zero-order valence-corrected chi connectivity index (χ0v) is 11.8. The normalized spacial score (nSPS) is 11.7. The Morgan fingerprint density at radius 2 is 2.00 bits per heavy atom. The summed E-state index contributed by atoms with van der Waals surface area (Å²) in [4.78, 5) is 0. The van der Waals surface area contributed by atoms with E-state index in [-0.39, 0.29) is 6.10 Å². The molecule has 0 unspecified atom stereocenters. The Morgan fingerprint density at radius 3 is 2.58 bits per heavy atom. The summed E-state index contributed by atoms with van der Waals surface area (Å²) < 4.78 is 16.2. The standard InChI is InChI=1S/C14H21NO4/c1-10(2)18-7-8-19-13-6-5-12(11(3)15-16)9-14(13)17-4/h5-6,9-10,16H,7-8H2,1-4H3. The molecular formula is C14H21NO4. The molecule has 5 nitrogen and oxygen atoms in total. The first kappa shape index (κ1) is 15.3. The van der Waals surface area contributed by atoms with Crippen molar-refractivity contribution in [1.29, 1.82) is 0 Å². The summed E-state index contributed by atoms with van der Waals surface area (Å²) in [6.07, 6.45) is 0.191. The van der Waals surface area contributed by atoms with Crippen LogP contribution in [0.15, 0.2) is 23.4 Å². The quantitative estimate of drug-likeness (QED) is 0.357. The zero-order valence-electron chi connectivity index (χ0n) is 11.8. The highest BCUT2D eigenvalue weighted by Gasteiger charge is 2.08. The molecular weight excluding hydrogens is 246 g/mol. The van der Waals surface area contributed by atoms with Crippen LogP contribution in [0.5, 0.6) is 11.5 Å². The third kappa shape index (κ3) is 4.79. The van der Waals surface area contributed by atoms with Gasteiger partial charge in [-0.3, -0.25) is 0 Å². The third-order valence-corrected chi connectivity index (χ3v) is 2.52. The van der Waals surface area contributed by atoms with Gasteiger partial charge in [-0.2, -0.15) is 0 Å². The number of benzene rings is 1. The molecule has 0 saturated carbocycles. The maximum absolute atomic E-state index is 8.75. The molecule has 5 heteroatoms. The number of ether oxygens (including phenoxy) is 3. The molecule has 0 radical (unpaired) electrons. The van der Waals surface area contributed by atoms with Crippen LogP contribution in [0.3, 0.4) is 0 Å². The van der Waals surface area contributed by atoms with Crippen molar-refractivity contribution < 1.29 is 19.4 Å². The van der Waals surface area contributed by atoms with Crippen molar-refractivity contribution in [2.45, 2.75) is 26.9 Å². The van der Waals surface area contributed by atoms with E-state index in [4.69, 9.17) is 19.4 Å². The summed E-state index contributed by atoms with van der Waals surface area (Å²) >= 11 is 0. The minimum atomic E-state index is 0.191. The van der Waals surface area contributed by atoms with E-state index in [1.165, 1.54) is 0 Å². The highest BCUT2D eigenvalue weighted by atomic mass is 16.5. The summed E-state index contributed by atoms with van der Waals surface area (Å²) in [6.45, 7) is 6.66. The van der Waals surface area contributed by atoms with Crippen LogP contribution >= 0.6 is 0 Å². The van der Waals surface area contributed by atoms with Crippen molar-refractivity contribution in [3.8, 4) is 11.5 Å². The van der Waals surface area contributed by atoms with Gasteiger partial charge in [0.15, 0.2) is 11.5 Å². The van der Waals surface area contributed by atoms with E-state index in [0.717, 1.165) is 5.56 Å². The number of oxime groups is 1. The molecule has 0 saturated heterocycles. The van der Waals surface area contributed by atoms with Crippen molar-refractivity contribution in [1.82, 2.24) is 0 Å². The van der Waals surface area contributed by atoms with Crippen LogP contribution in [0.4, 0.5) is 0 Å². The van der Waals surface area contributed by atoms with Gasteiger partial charge in [0.05, 0.1) is 25.5 Å². The Hall–Kier alpha value is -1.75. The smallest absolute Gasteiger partial charge is 0.161 e. The number of methoxy groups -OCH3 is 1. The fourth-order valence-corrected chi connectivity index (χ4v) is 1.51. The van der Waals surface area contributed by atoms with Crippen molar-refractivity contribution in [3.63, 3.8) is 0 Å². The molecule has 0 aliphatic heterocycles. The predicted octanol–water partition coefficient (Wildman–Crippen LogP) is 2.70. The average molecular weight is 267 g/mol. The molecule has 0 aliphatic rings. The molecule has 1 aromatic rings. The first-order chi connectivity index (χ1) is 9.08. The maximum Gasteiger partial charge on any atom is 0.161 e. The highest BCUT2D eigenvalue weighted by molar-refractivity contribution is 5.98. The fourth-order valence-electron chi connectivity index (χ4n) is 1.51. The van der Waals surface area contributed by atoms with Crippen LogP contribution in [0, 0.1) is 0 Å². The lowest BCUT2D eigenvalue weighted by Gasteiger charge is -2.13. The largest absolute Gasteiger partial charge is 0.493 e. The molecule has 0 aliphatic carbocycles. The molecule has 19 heavy (non-hydrogen) atoms. The van der Waals surface area contributed by atoms with Crippen molar-refractivity contribution in [2.75, 3.05) is 20.3 Å². The summed E-state index contributed by atoms with van der Waals surface area (Å²) in [5.74, 6) is 1.24. The topological polar surface area (TPSA) is 60.3 Å². The number of rotatable bonds is 7. The van der Waals surface area contributed by atoms with E-state index in [1.807, 2.05) is 19.9 Å². The van der Waals surface area contributed by atoms with Crippen LogP contribution in [0.25, 0.3) is 0 Å². The molecule has 1 N–H and O–H groups in total. The first-order valence-corrected chi connectivity index (χ1v) is 6.20. The van der Waals surface area contributed by atoms with E-state index >= 15 is 0 Å². The lowest BCUT2D eigenvalue weighted by molar-refractivity contribution is 0.0547. The van der Waals surface area contributed by atoms with Gasteiger partial charge in [-0.15, -0.1) is 0 Å². The van der Waals surface area contributed by atoms with E-state index < -0.39 is 0 Å². The third-order valence-electron chi connectivity index (χ3n) is 2.52. The van der Waals surface area contributed by atoms with Gasteiger partial charge in [-0.05, 0) is 39.0 Å². The summed E-state index contributed by atoms with van der Waals surface area (Å²) in [6, 6.07) is 5.38. The Balaban J connectivity index is 2.68. The zero-order chi connectivity index (χ0) is 14.3. The monoisotopic (exact) mass is 267 g/mol. The molecule has 0 fully saturated rings. The van der Waals surface area contributed by atoms with Crippen LogP contribution in [-0.2, 0) is 4.74 Å². The van der Waals surface area contributed by atoms with Gasteiger partial charge in [0, 0.05) is 5.56 Å². The second-order valence-electron chi connectivity index (χ2n) is 4.32. The molecule has 0 bridgehead atoms. The van der Waals surface area contributed by atoms with Crippen molar-refractivity contribution >= 4 is 5.71 Å². The van der Waals surface area contributed by atoms with Crippen LogP contribution in [0.2, 0.25) is 0 Å². The SMILES string of the molecule is COc1cc(C(C)=NO)ccc1OCCOC(C)C. The van der Waals surface area contributed by atoms with Gasteiger partial charge < -0.3 is 19.4 Å². The fraction of sp³-hybridized carbons (Fsp3) is 0.500. The minimum Gasteiger partial charge on any atom is -0.493 e. The molecule has 0 heterocycles. The Kier molecular flexibility index (Phi) is 6.15. The second-order valence-corrected chi connectivity index (χ2v) is 4.32. The van der Waals surface area contributed by atoms with E-state index in [9.17, 15) is 0 Å². The van der Waals surface area contributed by atoms with Crippen molar-refractivity contribution in [3.05, 3.63) is 23.8 Å². The van der Waals surface area contributed by atoms with Gasteiger partial charge in [0.25, 0.3) is 0 Å². The van der Waals surface area contributed by atoms with Gasteiger partial charge in [-0.25, -0.2) is 0 Å². The lowest BCUT2D eigenvalue weighted by atomic mass is 10.1. The molecule has 0 atom stereocenters. The molecule has 106 valence electrons. The maximum atomic E-state index is 8.75. The minimum absolute atomic E-state index is 0.191. The summed E-state index contributed by atoms with van der Waals surface area (Å²) in [5.41, 5.74) is 1.30. The summed E-state index contributed by atoms with van der Waals surface area (Å²) in [7, 11) is 1.57. The predicted molar refractivity (Wildman–Crippen MR) is 73.6 cm³/mol. The van der Waals surface area contributed by atoms with Gasteiger partial charge in [0.1, 0.15) is 6.61 Å².